The average molecular weight is 302 g/mol. The smallest absolute Gasteiger partial charge is 0.170 e. The molecule has 0 bridgehead atoms. The number of halogens is 2. The van der Waals surface area contributed by atoms with Crippen LogP contribution in [0.4, 0.5) is 15.9 Å². The second-order valence-corrected chi connectivity index (χ2v) is 5.43. The molecule has 5 heteroatoms. The number of nitriles is 1. The van der Waals surface area contributed by atoms with E-state index in [9.17, 15) is 4.39 Å². The summed E-state index contributed by atoms with van der Waals surface area (Å²) in [5, 5.41) is 8.88. The standard InChI is InChI=1S/C16H13ClFN3/c1-21(14-7-3-5-10-4-2-6-12(10)14)16-13(18)8-11(9-19)15(17)20-16/h3,5,7-8H,2,4,6H2,1H3. The van der Waals surface area contributed by atoms with Gasteiger partial charge in [-0.3, -0.25) is 0 Å². The zero-order valence-electron chi connectivity index (χ0n) is 11.5. The fourth-order valence-corrected chi connectivity index (χ4v) is 2.98. The molecule has 3 nitrogen and oxygen atoms in total. The van der Waals surface area contributed by atoms with Gasteiger partial charge in [-0.1, -0.05) is 23.7 Å². The van der Waals surface area contributed by atoms with E-state index in [0.717, 1.165) is 31.0 Å². The molecule has 1 aromatic heterocycles. The first-order valence-electron chi connectivity index (χ1n) is 6.72. The van der Waals surface area contributed by atoms with Gasteiger partial charge in [0.2, 0.25) is 0 Å². The highest BCUT2D eigenvalue weighted by atomic mass is 35.5. The van der Waals surface area contributed by atoms with E-state index >= 15 is 0 Å². The third-order valence-corrected chi connectivity index (χ3v) is 4.12. The molecule has 106 valence electrons. The lowest BCUT2D eigenvalue weighted by molar-refractivity contribution is 0.620. The van der Waals surface area contributed by atoms with Gasteiger partial charge >= 0.3 is 0 Å². The fraction of sp³-hybridized carbons (Fsp3) is 0.250. The average Bonchev–Trinajstić information content (AvgIpc) is 2.96. The maximum Gasteiger partial charge on any atom is 0.170 e. The Kier molecular flexibility index (Phi) is 3.52. The van der Waals surface area contributed by atoms with E-state index in [4.69, 9.17) is 16.9 Å². The van der Waals surface area contributed by atoms with Crippen LogP contribution in [0.15, 0.2) is 24.3 Å². The van der Waals surface area contributed by atoms with Crippen LogP contribution in [0.2, 0.25) is 5.15 Å². The molecule has 0 spiro atoms. The number of fused-ring (bicyclic) bond motifs is 1. The van der Waals surface area contributed by atoms with Crippen LogP contribution in [0.3, 0.4) is 0 Å². The summed E-state index contributed by atoms with van der Waals surface area (Å²) in [7, 11) is 1.77. The van der Waals surface area contributed by atoms with E-state index in [1.807, 2.05) is 18.2 Å². The van der Waals surface area contributed by atoms with E-state index in [-0.39, 0.29) is 16.5 Å². The molecular weight excluding hydrogens is 289 g/mol. The highest BCUT2D eigenvalue weighted by Crippen LogP contribution is 2.35. The van der Waals surface area contributed by atoms with Gasteiger partial charge < -0.3 is 4.90 Å². The lowest BCUT2D eigenvalue weighted by atomic mass is 10.1. The zero-order valence-corrected chi connectivity index (χ0v) is 12.3. The third-order valence-electron chi connectivity index (χ3n) is 3.83. The van der Waals surface area contributed by atoms with Crippen molar-refractivity contribution >= 4 is 23.1 Å². The van der Waals surface area contributed by atoms with Crippen LogP contribution in [0, 0.1) is 17.1 Å². The van der Waals surface area contributed by atoms with Crippen LogP contribution in [-0.2, 0) is 12.8 Å². The number of pyridine rings is 1. The first-order chi connectivity index (χ1) is 10.1. The van der Waals surface area contributed by atoms with Crippen LogP contribution in [0.1, 0.15) is 23.1 Å². The van der Waals surface area contributed by atoms with Crippen LogP contribution in [-0.4, -0.2) is 12.0 Å². The molecular formula is C16H13ClFN3. The van der Waals surface area contributed by atoms with Crippen molar-refractivity contribution < 1.29 is 4.39 Å². The highest BCUT2D eigenvalue weighted by Gasteiger charge is 2.21. The molecule has 0 fully saturated rings. The molecule has 0 saturated carbocycles. The van der Waals surface area contributed by atoms with Crippen molar-refractivity contribution in [1.82, 2.24) is 4.98 Å². The molecule has 1 heterocycles. The van der Waals surface area contributed by atoms with Gasteiger partial charge in [0.15, 0.2) is 11.6 Å². The van der Waals surface area contributed by atoms with Crippen molar-refractivity contribution in [2.75, 3.05) is 11.9 Å². The van der Waals surface area contributed by atoms with Crippen LogP contribution in [0.5, 0.6) is 0 Å². The van der Waals surface area contributed by atoms with E-state index < -0.39 is 5.82 Å². The molecule has 0 atom stereocenters. The summed E-state index contributed by atoms with van der Waals surface area (Å²) in [6, 6.07) is 8.99. The lowest BCUT2D eigenvalue weighted by Crippen LogP contribution is -2.15. The Bertz CT molecular complexity index is 752. The second kappa shape index (κ2) is 5.34. The summed E-state index contributed by atoms with van der Waals surface area (Å²) in [5.74, 6) is -0.409. The first kappa shape index (κ1) is 13.8. The predicted octanol–water partition coefficient (Wildman–Crippen LogP) is 4.00. The summed E-state index contributed by atoms with van der Waals surface area (Å²) in [6.07, 6.45) is 3.16. The van der Waals surface area contributed by atoms with Gasteiger partial charge in [0.1, 0.15) is 11.2 Å². The maximum atomic E-state index is 14.2. The van der Waals surface area contributed by atoms with Crippen molar-refractivity contribution in [2.45, 2.75) is 19.3 Å². The van der Waals surface area contributed by atoms with Gasteiger partial charge in [-0.2, -0.15) is 5.26 Å². The molecule has 2 aromatic rings. The van der Waals surface area contributed by atoms with E-state index in [0.29, 0.717) is 0 Å². The Morgan fingerprint density at radius 1 is 1.38 bits per heavy atom. The lowest BCUT2D eigenvalue weighted by Gasteiger charge is -2.22. The molecule has 0 unspecified atom stereocenters. The van der Waals surface area contributed by atoms with Crippen molar-refractivity contribution in [3.8, 4) is 6.07 Å². The Balaban J connectivity index is 2.08. The molecule has 0 radical (unpaired) electrons. The van der Waals surface area contributed by atoms with Crippen molar-refractivity contribution in [1.29, 1.82) is 5.26 Å². The third kappa shape index (κ3) is 2.34. The Morgan fingerprint density at radius 2 is 2.19 bits per heavy atom. The van der Waals surface area contributed by atoms with Crippen LogP contribution >= 0.6 is 11.6 Å². The van der Waals surface area contributed by atoms with Crippen molar-refractivity contribution in [3.05, 3.63) is 51.9 Å². The summed E-state index contributed by atoms with van der Waals surface area (Å²) >= 11 is 5.92. The SMILES string of the molecule is CN(c1cccc2c1CCC2)c1nc(Cl)c(C#N)cc1F. The monoisotopic (exact) mass is 301 g/mol. The van der Waals surface area contributed by atoms with Gasteiger partial charge in [0, 0.05) is 12.7 Å². The molecule has 3 rings (SSSR count). The Labute approximate surface area is 127 Å². The number of nitrogens with zero attached hydrogens (tertiary/aromatic N) is 3. The summed E-state index contributed by atoms with van der Waals surface area (Å²) in [5.41, 5.74) is 3.53. The Morgan fingerprint density at radius 3 is 2.95 bits per heavy atom. The topological polar surface area (TPSA) is 39.9 Å². The predicted molar refractivity (Wildman–Crippen MR) is 80.5 cm³/mol. The molecule has 21 heavy (non-hydrogen) atoms. The van der Waals surface area contributed by atoms with E-state index in [1.54, 1.807) is 11.9 Å². The molecule has 0 aliphatic heterocycles. The quantitative estimate of drug-likeness (QED) is 0.787. The molecule has 1 aromatic carbocycles. The van der Waals surface area contributed by atoms with Crippen LogP contribution < -0.4 is 4.90 Å². The van der Waals surface area contributed by atoms with Crippen molar-refractivity contribution in [2.24, 2.45) is 0 Å². The second-order valence-electron chi connectivity index (χ2n) is 5.07. The minimum atomic E-state index is -0.547. The van der Waals surface area contributed by atoms with Gasteiger partial charge in [-0.15, -0.1) is 0 Å². The van der Waals surface area contributed by atoms with Crippen LogP contribution in [0.25, 0.3) is 0 Å². The molecule has 0 N–H and O–H groups in total. The van der Waals surface area contributed by atoms with Gasteiger partial charge in [0.05, 0.1) is 5.56 Å². The van der Waals surface area contributed by atoms with Gasteiger partial charge in [-0.05, 0) is 42.5 Å². The number of hydrogen-bond donors (Lipinski definition) is 0. The summed E-state index contributed by atoms with van der Waals surface area (Å²) in [4.78, 5) is 5.74. The largest absolute Gasteiger partial charge is 0.327 e. The van der Waals surface area contributed by atoms with Crippen molar-refractivity contribution in [3.63, 3.8) is 0 Å². The molecule has 0 saturated heterocycles. The summed E-state index contributed by atoms with van der Waals surface area (Å²) in [6.45, 7) is 0. The molecule has 0 amide bonds. The Hall–Kier alpha value is -2.12. The van der Waals surface area contributed by atoms with E-state index in [2.05, 4.69) is 11.1 Å². The normalized spacial score (nSPS) is 12.9. The zero-order chi connectivity index (χ0) is 15.0. The minimum Gasteiger partial charge on any atom is -0.327 e. The fourth-order valence-electron chi connectivity index (χ4n) is 2.80. The van der Waals surface area contributed by atoms with E-state index in [1.165, 1.54) is 11.1 Å². The number of aryl methyl sites for hydroxylation is 1. The number of aromatic nitrogens is 1. The number of benzene rings is 1. The highest BCUT2D eigenvalue weighted by molar-refractivity contribution is 6.30. The maximum absolute atomic E-state index is 14.2. The molecule has 1 aliphatic carbocycles. The minimum absolute atomic E-state index is 0.0216. The first-order valence-corrected chi connectivity index (χ1v) is 7.10. The molecule has 1 aliphatic rings. The number of anilines is 2. The number of hydrogen-bond acceptors (Lipinski definition) is 3. The van der Waals surface area contributed by atoms with Gasteiger partial charge in [0.25, 0.3) is 0 Å². The summed E-state index contributed by atoms with van der Waals surface area (Å²) < 4.78 is 14.2. The number of rotatable bonds is 2. The van der Waals surface area contributed by atoms with Gasteiger partial charge in [-0.25, -0.2) is 9.37 Å².